The Labute approximate surface area is 223 Å². The SMILES string of the molecule is Cc1cc(N2C(=O)c3oc4cc(C)c(C)cc4c(=O)c3C2c2cccc(OCc3ccccc3Cl)c2)no1. The van der Waals surface area contributed by atoms with Gasteiger partial charge in [0.05, 0.1) is 17.0 Å². The molecule has 1 amide bonds. The lowest BCUT2D eigenvalue weighted by Gasteiger charge is -2.23. The molecule has 2 aromatic heterocycles. The van der Waals surface area contributed by atoms with Gasteiger partial charge in [-0.2, -0.15) is 0 Å². The second-order valence-corrected chi connectivity index (χ2v) is 9.84. The Morgan fingerprint density at radius 2 is 1.76 bits per heavy atom. The number of carbonyl (C=O) groups is 1. The molecule has 7 nitrogen and oxygen atoms in total. The Hall–Kier alpha value is -4.36. The molecule has 1 aliphatic rings. The number of hydrogen-bond acceptors (Lipinski definition) is 6. The summed E-state index contributed by atoms with van der Waals surface area (Å²) in [5.41, 5.74) is 3.82. The van der Waals surface area contributed by atoms with Crippen molar-refractivity contribution in [3.05, 3.63) is 121 Å². The normalized spacial score (nSPS) is 14.8. The molecule has 0 fully saturated rings. The fourth-order valence-electron chi connectivity index (χ4n) is 4.80. The number of nitrogens with zero attached hydrogens (tertiary/aromatic N) is 2. The van der Waals surface area contributed by atoms with Gasteiger partial charge in [-0.05, 0) is 67.8 Å². The standard InChI is InChI=1S/C30H23ClN2O5/c1-16-11-22-24(12-17(16)2)37-29-26(28(22)34)27(33(30(29)35)25-13-18(3)38-32-25)19-8-6-9-21(14-19)36-15-20-7-4-5-10-23(20)31/h4-14,27H,15H2,1-3H3. The summed E-state index contributed by atoms with van der Waals surface area (Å²) in [6.45, 7) is 5.88. The number of ether oxygens (including phenoxy) is 1. The van der Waals surface area contributed by atoms with Gasteiger partial charge >= 0.3 is 0 Å². The van der Waals surface area contributed by atoms with E-state index in [1.54, 1.807) is 19.1 Å². The number of carbonyl (C=O) groups excluding carboxylic acids is 1. The maximum absolute atomic E-state index is 13.9. The van der Waals surface area contributed by atoms with Gasteiger partial charge in [-0.25, -0.2) is 0 Å². The van der Waals surface area contributed by atoms with Crippen molar-refractivity contribution in [2.24, 2.45) is 0 Å². The van der Waals surface area contributed by atoms with E-state index in [9.17, 15) is 9.59 Å². The predicted octanol–water partition coefficient (Wildman–Crippen LogP) is 6.69. The largest absolute Gasteiger partial charge is 0.489 e. The van der Waals surface area contributed by atoms with Crippen LogP contribution in [0.3, 0.4) is 0 Å². The summed E-state index contributed by atoms with van der Waals surface area (Å²) in [5.74, 6) is 0.935. The second-order valence-electron chi connectivity index (χ2n) is 9.43. The van der Waals surface area contributed by atoms with Gasteiger partial charge in [0.15, 0.2) is 11.2 Å². The Morgan fingerprint density at radius 1 is 0.974 bits per heavy atom. The van der Waals surface area contributed by atoms with Gasteiger partial charge in [0.25, 0.3) is 5.91 Å². The molecule has 38 heavy (non-hydrogen) atoms. The minimum absolute atomic E-state index is 0.00112. The highest BCUT2D eigenvalue weighted by molar-refractivity contribution is 6.31. The lowest BCUT2D eigenvalue weighted by atomic mass is 9.97. The average Bonchev–Trinajstić information content (AvgIpc) is 3.45. The third-order valence-corrected chi connectivity index (χ3v) is 7.24. The lowest BCUT2D eigenvalue weighted by molar-refractivity contribution is 0.0969. The van der Waals surface area contributed by atoms with Crippen LogP contribution in [0, 0.1) is 20.8 Å². The quantitative estimate of drug-likeness (QED) is 0.253. The van der Waals surface area contributed by atoms with Gasteiger partial charge in [-0.1, -0.05) is 47.1 Å². The van der Waals surface area contributed by atoms with Crippen LogP contribution in [-0.4, -0.2) is 11.1 Å². The van der Waals surface area contributed by atoms with Gasteiger partial charge < -0.3 is 13.7 Å². The van der Waals surface area contributed by atoms with Crippen LogP contribution in [0.4, 0.5) is 5.82 Å². The summed E-state index contributed by atoms with van der Waals surface area (Å²) in [4.78, 5) is 29.1. The second kappa shape index (κ2) is 9.19. The van der Waals surface area contributed by atoms with Crippen LogP contribution in [0.2, 0.25) is 5.02 Å². The van der Waals surface area contributed by atoms with Crippen molar-refractivity contribution in [1.29, 1.82) is 0 Å². The first-order valence-electron chi connectivity index (χ1n) is 12.1. The van der Waals surface area contributed by atoms with Gasteiger partial charge in [0.2, 0.25) is 5.76 Å². The number of halogens is 1. The zero-order valence-electron chi connectivity index (χ0n) is 20.9. The Morgan fingerprint density at radius 3 is 2.53 bits per heavy atom. The highest BCUT2D eigenvalue weighted by Crippen LogP contribution is 2.42. The molecule has 0 saturated carbocycles. The summed E-state index contributed by atoms with van der Waals surface area (Å²) in [6, 6.07) is 19.2. The summed E-state index contributed by atoms with van der Waals surface area (Å²) >= 11 is 6.29. The number of rotatable bonds is 5. The molecule has 1 aliphatic heterocycles. The molecule has 3 heterocycles. The van der Waals surface area contributed by atoms with E-state index in [4.69, 9.17) is 25.3 Å². The molecule has 0 saturated heterocycles. The number of benzene rings is 3. The fraction of sp³-hybridized carbons (Fsp3) is 0.167. The Kier molecular flexibility index (Phi) is 5.80. The smallest absolute Gasteiger partial charge is 0.296 e. The van der Waals surface area contributed by atoms with E-state index in [1.165, 1.54) is 4.90 Å². The molecule has 1 unspecified atom stereocenters. The zero-order chi connectivity index (χ0) is 26.6. The Bertz CT molecular complexity index is 1790. The molecular weight excluding hydrogens is 504 g/mol. The van der Waals surface area contributed by atoms with Crippen molar-refractivity contribution in [2.45, 2.75) is 33.4 Å². The first kappa shape index (κ1) is 24.0. The molecule has 0 N–H and O–H groups in total. The third-order valence-electron chi connectivity index (χ3n) is 6.87. The highest BCUT2D eigenvalue weighted by Gasteiger charge is 2.45. The van der Waals surface area contributed by atoms with Gasteiger partial charge in [-0.15, -0.1) is 0 Å². The first-order chi connectivity index (χ1) is 18.3. The van der Waals surface area contributed by atoms with Crippen LogP contribution < -0.4 is 15.1 Å². The molecular formula is C30H23ClN2O5. The maximum atomic E-state index is 13.9. The first-order valence-corrected chi connectivity index (χ1v) is 12.5. The topological polar surface area (TPSA) is 85.8 Å². The average molecular weight is 527 g/mol. The highest BCUT2D eigenvalue weighted by atomic mass is 35.5. The summed E-state index contributed by atoms with van der Waals surface area (Å²) in [5, 5.41) is 5.12. The van der Waals surface area contributed by atoms with Crippen LogP contribution in [0.15, 0.2) is 80.5 Å². The number of fused-ring (bicyclic) bond motifs is 2. The maximum Gasteiger partial charge on any atom is 0.296 e. The Balaban J connectivity index is 1.49. The molecule has 6 rings (SSSR count). The van der Waals surface area contributed by atoms with Crippen molar-refractivity contribution >= 4 is 34.3 Å². The summed E-state index contributed by atoms with van der Waals surface area (Å²) < 4.78 is 17.4. The lowest BCUT2D eigenvalue weighted by Crippen LogP contribution is -2.29. The molecule has 3 aromatic carbocycles. The molecule has 1 atom stereocenters. The van der Waals surface area contributed by atoms with Crippen molar-refractivity contribution in [2.75, 3.05) is 4.90 Å². The van der Waals surface area contributed by atoms with Gasteiger partial charge in [-0.3, -0.25) is 14.5 Å². The van der Waals surface area contributed by atoms with E-state index in [1.807, 2.05) is 68.4 Å². The number of aryl methyl sites for hydroxylation is 3. The summed E-state index contributed by atoms with van der Waals surface area (Å²) in [7, 11) is 0. The van der Waals surface area contributed by atoms with Crippen molar-refractivity contribution in [3.8, 4) is 5.75 Å². The number of hydrogen-bond donors (Lipinski definition) is 0. The van der Waals surface area contributed by atoms with Gasteiger partial charge in [0.1, 0.15) is 23.7 Å². The minimum Gasteiger partial charge on any atom is -0.489 e. The molecule has 190 valence electrons. The van der Waals surface area contributed by atoms with Gasteiger partial charge in [0, 0.05) is 16.7 Å². The zero-order valence-corrected chi connectivity index (χ0v) is 21.7. The van der Waals surface area contributed by atoms with E-state index in [-0.39, 0.29) is 23.4 Å². The molecule has 0 spiro atoms. The molecule has 8 heteroatoms. The molecule has 0 bridgehead atoms. The number of amides is 1. The van der Waals surface area contributed by atoms with E-state index in [0.29, 0.717) is 38.9 Å². The fourth-order valence-corrected chi connectivity index (χ4v) is 4.99. The van der Waals surface area contributed by atoms with Crippen molar-refractivity contribution in [3.63, 3.8) is 0 Å². The number of aromatic nitrogens is 1. The molecule has 0 aliphatic carbocycles. The molecule has 0 radical (unpaired) electrons. The van der Waals surface area contributed by atoms with Crippen LogP contribution >= 0.6 is 11.6 Å². The van der Waals surface area contributed by atoms with E-state index >= 15 is 0 Å². The number of anilines is 1. The van der Waals surface area contributed by atoms with Crippen LogP contribution in [0.25, 0.3) is 11.0 Å². The summed E-state index contributed by atoms with van der Waals surface area (Å²) in [6.07, 6.45) is 0. The monoisotopic (exact) mass is 526 g/mol. The minimum atomic E-state index is -0.784. The van der Waals surface area contributed by atoms with Crippen LogP contribution in [-0.2, 0) is 6.61 Å². The third kappa shape index (κ3) is 3.96. The van der Waals surface area contributed by atoms with Crippen molar-refractivity contribution in [1.82, 2.24) is 5.16 Å². The van der Waals surface area contributed by atoms with Crippen molar-refractivity contribution < 1.29 is 18.5 Å². The van der Waals surface area contributed by atoms with E-state index in [0.717, 1.165) is 16.7 Å². The predicted molar refractivity (Wildman–Crippen MR) is 144 cm³/mol. The molecule has 5 aromatic rings. The van der Waals surface area contributed by atoms with E-state index < -0.39 is 11.9 Å². The van der Waals surface area contributed by atoms with E-state index in [2.05, 4.69) is 5.16 Å². The van der Waals surface area contributed by atoms with Crippen LogP contribution in [0.5, 0.6) is 5.75 Å². The van der Waals surface area contributed by atoms with Crippen LogP contribution in [0.1, 0.15) is 50.2 Å².